The lowest BCUT2D eigenvalue weighted by Gasteiger charge is -2.14. The van der Waals surface area contributed by atoms with Crippen molar-refractivity contribution in [2.24, 2.45) is 0 Å². The van der Waals surface area contributed by atoms with Crippen LogP contribution >= 0.6 is 23.2 Å². The number of ether oxygens (including phenoxy) is 1. The fourth-order valence-electron chi connectivity index (χ4n) is 1.64. The Morgan fingerprint density at radius 3 is 2.44 bits per heavy atom. The van der Waals surface area contributed by atoms with Gasteiger partial charge in [-0.15, -0.1) is 0 Å². The van der Waals surface area contributed by atoms with Gasteiger partial charge in [0.25, 0.3) is 0 Å². The third-order valence-corrected chi connectivity index (χ3v) is 3.27. The van der Waals surface area contributed by atoms with Crippen LogP contribution in [0.25, 0.3) is 0 Å². The third-order valence-electron chi connectivity index (χ3n) is 2.59. The van der Waals surface area contributed by atoms with Crippen molar-refractivity contribution in [3.63, 3.8) is 0 Å². The Labute approximate surface area is 114 Å². The van der Waals surface area contributed by atoms with E-state index in [1.807, 2.05) is 0 Å². The lowest BCUT2D eigenvalue weighted by atomic mass is 10.0. The Balaban J connectivity index is 2.14. The molecule has 18 heavy (non-hydrogen) atoms. The first kappa shape index (κ1) is 13.1. The van der Waals surface area contributed by atoms with Gasteiger partial charge in [-0.1, -0.05) is 23.2 Å². The highest BCUT2D eigenvalue weighted by atomic mass is 35.5. The quantitative estimate of drug-likeness (QED) is 0.778. The minimum absolute atomic E-state index is 0.0311. The van der Waals surface area contributed by atoms with Crippen LogP contribution in [0.15, 0.2) is 35.1 Å². The third kappa shape index (κ3) is 2.92. The van der Waals surface area contributed by atoms with Gasteiger partial charge >= 0.3 is 5.97 Å². The highest BCUT2D eigenvalue weighted by molar-refractivity contribution is 6.43. The predicted octanol–water partition coefficient (Wildman–Crippen LogP) is 3.70. The van der Waals surface area contributed by atoms with Gasteiger partial charge in [0.2, 0.25) is 0 Å². The monoisotopic (exact) mass is 284 g/mol. The van der Waals surface area contributed by atoms with Crippen LogP contribution in [0.2, 0.25) is 5.02 Å². The molecule has 0 saturated carbocycles. The van der Waals surface area contributed by atoms with Crippen molar-refractivity contribution in [3.05, 3.63) is 45.6 Å². The lowest BCUT2D eigenvalue weighted by Crippen LogP contribution is -2.13. The van der Waals surface area contributed by atoms with Gasteiger partial charge in [0, 0.05) is 17.9 Å². The van der Waals surface area contributed by atoms with E-state index in [-0.39, 0.29) is 16.6 Å². The maximum Gasteiger partial charge on any atom is 0.343 e. The van der Waals surface area contributed by atoms with Crippen molar-refractivity contribution in [1.82, 2.24) is 0 Å². The van der Waals surface area contributed by atoms with Crippen molar-refractivity contribution in [3.8, 4) is 0 Å². The summed E-state index contributed by atoms with van der Waals surface area (Å²) in [5.74, 6) is -0.454. The van der Waals surface area contributed by atoms with Gasteiger partial charge in [-0.25, -0.2) is 4.79 Å². The highest BCUT2D eigenvalue weighted by Crippen LogP contribution is 2.26. The summed E-state index contributed by atoms with van der Waals surface area (Å²) in [6.45, 7) is 0. The van der Waals surface area contributed by atoms with Crippen molar-refractivity contribution < 1.29 is 14.3 Å². The summed E-state index contributed by atoms with van der Waals surface area (Å²) in [5, 5.41) is 0.570. The molecule has 1 aliphatic carbocycles. The zero-order chi connectivity index (χ0) is 13.1. The maximum atomic E-state index is 11.8. The Kier molecular flexibility index (Phi) is 4.04. The molecule has 1 aromatic carbocycles. The van der Waals surface area contributed by atoms with Gasteiger partial charge in [0.05, 0.1) is 5.56 Å². The van der Waals surface area contributed by atoms with Crippen LogP contribution in [0.3, 0.4) is 0 Å². The van der Waals surface area contributed by atoms with Gasteiger partial charge in [-0.3, -0.25) is 4.79 Å². The number of rotatable bonds is 2. The van der Waals surface area contributed by atoms with E-state index in [2.05, 4.69) is 0 Å². The van der Waals surface area contributed by atoms with E-state index < -0.39 is 5.97 Å². The first-order valence-corrected chi connectivity index (χ1v) is 6.23. The average Bonchev–Trinajstić information content (AvgIpc) is 2.36. The highest BCUT2D eigenvalue weighted by Gasteiger charge is 2.22. The van der Waals surface area contributed by atoms with E-state index in [1.54, 1.807) is 24.3 Å². The van der Waals surface area contributed by atoms with E-state index in [0.29, 0.717) is 29.8 Å². The number of Topliss-reactive ketones (excluding diaryl/α,β-unsaturated/α-hetero) is 1. The molecule has 94 valence electrons. The second-order valence-electron chi connectivity index (χ2n) is 3.91. The normalized spacial score (nSPS) is 15.8. The molecule has 1 aromatic rings. The largest absolute Gasteiger partial charge is 0.426 e. The molecular formula is C13H10Cl2O3. The number of ketones is 1. The molecule has 0 aliphatic heterocycles. The predicted molar refractivity (Wildman–Crippen MR) is 68.6 cm³/mol. The first-order valence-electron chi connectivity index (χ1n) is 5.47. The van der Waals surface area contributed by atoms with Gasteiger partial charge in [0.15, 0.2) is 5.78 Å². The lowest BCUT2D eigenvalue weighted by molar-refractivity contribution is -0.115. The van der Waals surface area contributed by atoms with Crippen LogP contribution in [-0.4, -0.2) is 11.8 Å². The molecule has 0 aromatic heterocycles. The summed E-state index contributed by atoms with van der Waals surface area (Å²) in [7, 11) is 0. The zero-order valence-corrected chi connectivity index (χ0v) is 10.9. The molecule has 0 heterocycles. The second-order valence-corrected chi connectivity index (χ2v) is 4.72. The minimum Gasteiger partial charge on any atom is -0.426 e. The van der Waals surface area contributed by atoms with E-state index in [0.717, 1.165) is 0 Å². The van der Waals surface area contributed by atoms with Crippen LogP contribution in [-0.2, 0) is 9.53 Å². The summed E-state index contributed by atoms with van der Waals surface area (Å²) in [6.07, 6.45) is 1.56. The molecule has 0 saturated heterocycles. The van der Waals surface area contributed by atoms with E-state index in [1.165, 1.54) is 0 Å². The Bertz CT molecular complexity index is 518. The molecule has 2 rings (SSSR count). The molecular weight excluding hydrogens is 275 g/mol. The van der Waals surface area contributed by atoms with Gasteiger partial charge < -0.3 is 4.74 Å². The number of carbonyl (C=O) groups excluding carboxylic acids is 2. The van der Waals surface area contributed by atoms with Crippen LogP contribution < -0.4 is 0 Å². The van der Waals surface area contributed by atoms with Crippen LogP contribution in [0.4, 0.5) is 0 Å². The number of benzene rings is 1. The molecule has 0 radical (unpaired) electrons. The molecule has 0 spiro atoms. The smallest absolute Gasteiger partial charge is 0.343 e. The number of halogens is 2. The van der Waals surface area contributed by atoms with E-state index >= 15 is 0 Å². The molecule has 0 amide bonds. The zero-order valence-electron chi connectivity index (χ0n) is 9.41. The molecule has 0 bridgehead atoms. The van der Waals surface area contributed by atoms with Gasteiger partial charge in [-0.2, -0.15) is 0 Å². The number of esters is 1. The maximum absolute atomic E-state index is 11.8. The van der Waals surface area contributed by atoms with E-state index in [4.69, 9.17) is 27.9 Å². The van der Waals surface area contributed by atoms with Crippen molar-refractivity contribution in [2.75, 3.05) is 0 Å². The van der Waals surface area contributed by atoms with E-state index in [9.17, 15) is 9.59 Å². The minimum atomic E-state index is -0.533. The molecule has 0 atom stereocenters. The fourth-order valence-corrected chi connectivity index (χ4v) is 1.99. The van der Waals surface area contributed by atoms with Gasteiger partial charge in [-0.05, 0) is 30.7 Å². The number of allylic oxidation sites excluding steroid dienone is 2. The Morgan fingerprint density at radius 1 is 1.11 bits per heavy atom. The number of hydrogen-bond donors (Lipinski definition) is 0. The summed E-state index contributed by atoms with van der Waals surface area (Å²) < 4.78 is 5.14. The fraction of sp³-hybridized carbons (Fsp3) is 0.231. The SMILES string of the molecule is O=C1CCCC(OC(=O)c2ccc(Cl)cc2)=C1Cl. The first-order chi connectivity index (χ1) is 8.58. The molecule has 0 N–H and O–H groups in total. The Morgan fingerprint density at radius 2 is 1.78 bits per heavy atom. The molecule has 3 nitrogen and oxygen atoms in total. The molecule has 1 aliphatic rings. The molecule has 0 unspecified atom stereocenters. The second kappa shape index (κ2) is 5.55. The summed E-state index contributed by atoms with van der Waals surface area (Å²) in [6, 6.07) is 6.31. The number of carbonyl (C=O) groups is 2. The summed E-state index contributed by atoms with van der Waals surface area (Å²) in [4.78, 5) is 23.2. The molecule has 5 heteroatoms. The summed E-state index contributed by atoms with van der Waals surface area (Å²) in [5.41, 5.74) is 0.370. The summed E-state index contributed by atoms with van der Waals surface area (Å²) >= 11 is 11.5. The Hall–Kier alpha value is -1.32. The average molecular weight is 285 g/mol. The number of hydrogen-bond acceptors (Lipinski definition) is 3. The van der Waals surface area contributed by atoms with Gasteiger partial charge in [0.1, 0.15) is 10.8 Å². The topological polar surface area (TPSA) is 43.4 Å². The molecule has 0 fully saturated rings. The van der Waals surface area contributed by atoms with Crippen LogP contribution in [0.1, 0.15) is 29.6 Å². The standard InChI is InChI=1S/C13H10Cl2O3/c14-9-6-4-8(5-7-9)13(17)18-11-3-1-2-10(16)12(11)15/h4-7H,1-3H2. The van der Waals surface area contributed by atoms with Crippen molar-refractivity contribution >= 4 is 35.0 Å². The van der Waals surface area contributed by atoms with Crippen LogP contribution in [0.5, 0.6) is 0 Å². The van der Waals surface area contributed by atoms with Crippen molar-refractivity contribution in [2.45, 2.75) is 19.3 Å². The van der Waals surface area contributed by atoms with Crippen molar-refractivity contribution in [1.29, 1.82) is 0 Å². The van der Waals surface area contributed by atoms with Crippen LogP contribution in [0, 0.1) is 0 Å².